The number of thiazole rings is 1. The van der Waals surface area contributed by atoms with E-state index in [0.717, 1.165) is 15.1 Å². The molecule has 0 unspecified atom stereocenters. The quantitative estimate of drug-likeness (QED) is 0.366. The second-order valence-electron chi connectivity index (χ2n) is 7.44. The van der Waals surface area contributed by atoms with Crippen LogP contribution in [0.15, 0.2) is 55.2 Å². The number of fused-ring (bicyclic) bond motifs is 1. The summed E-state index contributed by atoms with van der Waals surface area (Å²) >= 11 is 12.6. The van der Waals surface area contributed by atoms with Crippen molar-refractivity contribution in [3.05, 3.63) is 80.5 Å². The number of allylic oxidation sites excluding steroid dienone is 1. The van der Waals surface area contributed by atoms with Crippen LogP contribution in [0.2, 0.25) is 5.02 Å². The maximum atomic E-state index is 13.7. The van der Waals surface area contributed by atoms with Crippen LogP contribution in [-0.4, -0.2) is 24.3 Å². The van der Waals surface area contributed by atoms with Crippen LogP contribution in [0.25, 0.3) is 6.08 Å². The summed E-state index contributed by atoms with van der Waals surface area (Å²) in [4.78, 5) is 33.2. The van der Waals surface area contributed by atoms with Crippen LogP contribution >= 0.6 is 50.2 Å². The van der Waals surface area contributed by atoms with E-state index in [1.54, 1.807) is 36.8 Å². The Bertz CT molecular complexity index is 1450. The maximum Gasteiger partial charge on any atom is 0.338 e. The van der Waals surface area contributed by atoms with Crippen LogP contribution < -0.4 is 19.6 Å². The molecule has 0 saturated heterocycles. The smallest absolute Gasteiger partial charge is 0.338 e. The predicted molar refractivity (Wildman–Crippen MR) is 140 cm³/mol. The van der Waals surface area contributed by atoms with Crippen LogP contribution in [0, 0.1) is 0 Å². The highest BCUT2D eigenvalue weighted by molar-refractivity contribution is 9.11. The average molecular weight is 582 g/mol. The van der Waals surface area contributed by atoms with Gasteiger partial charge in [0.1, 0.15) is 11.8 Å². The number of hydrogen-bond acceptors (Lipinski definition) is 7. The summed E-state index contributed by atoms with van der Waals surface area (Å²) in [5, 5.41) is 0.471. The van der Waals surface area contributed by atoms with E-state index in [0.29, 0.717) is 43.4 Å². The highest BCUT2D eigenvalue weighted by Gasteiger charge is 2.36. The van der Waals surface area contributed by atoms with Crippen LogP contribution in [0.5, 0.6) is 5.75 Å². The van der Waals surface area contributed by atoms with Gasteiger partial charge in [0.15, 0.2) is 4.80 Å². The molecule has 3 aromatic rings. The molecule has 1 atom stereocenters. The Morgan fingerprint density at radius 2 is 2.06 bits per heavy atom. The van der Waals surface area contributed by atoms with Gasteiger partial charge in [0.2, 0.25) is 0 Å². The number of ether oxygens (including phenoxy) is 2. The van der Waals surface area contributed by atoms with Crippen molar-refractivity contribution in [3.8, 4) is 5.75 Å². The average Bonchev–Trinajstić information content (AvgIpc) is 3.35. The lowest BCUT2D eigenvalue weighted by atomic mass is 9.93. The number of esters is 1. The largest absolute Gasteiger partial charge is 0.496 e. The Morgan fingerprint density at radius 3 is 2.71 bits per heavy atom. The third kappa shape index (κ3) is 4.79. The number of benzene rings is 1. The SMILES string of the molecule is CCCC1=C(C(=O)OCC)[C@@H](c2cc(Cl)ccc2OC)n2c(s/c(=C/c3ccc(Br)s3)c2=O)=N1. The molecule has 1 aliphatic heterocycles. The fraction of sp³-hybridized carbons (Fsp3) is 0.292. The molecule has 2 aromatic heterocycles. The molecule has 6 nitrogen and oxygen atoms in total. The van der Waals surface area contributed by atoms with Gasteiger partial charge in [-0.3, -0.25) is 9.36 Å². The van der Waals surface area contributed by atoms with E-state index >= 15 is 0 Å². The van der Waals surface area contributed by atoms with Gasteiger partial charge in [-0.2, -0.15) is 0 Å². The van der Waals surface area contributed by atoms with E-state index in [1.807, 2.05) is 25.1 Å². The molecule has 0 spiro atoms. The molecular formula is C24H22BrClN2O4S2. The van der Waals surface area contributed by atoms with Crippen molar-refractivity contribution in [1.29, 1.82) is 0 Å². The minimum absolute atomic E-state index is 0.207. The lowest BCUT2D eigenvalue weighted by molar-refractivity contribution is -0.139. The van der Waals surface area contributed by atoms with Gasteiger partial charge in [0.05, 0.1) is 33.3 Å². The molecule has 3 heterocycles. The van der Waals surface area contributed by atoms with E-state index in [-0.39, 0.29) is 12.2 Å². The number of thiophene rings is 1. The summed E-state index contributed by atoms with van der Waals surface area (Å²) in [6.07, 6.45) is 3.19. The fourth-order valence-corrected chi connectivity index (χ4v) is 6.50. The van der Waals surface area contributed by atoms with Crippen LogP contribution in [0.4, 0.5) is 0 Å². The van der Waals surface area contributed by atoms with Crippen molar-refractivity contribution in [1.82, 2.24) is 4.57 Å². The molecule has 1 aliphatic rings. The molecule has 10 heteroatoms. The number of halogens is 2. The highest BCUT2D eigenvalue weighted by Crippen LogP contribution is 2.38. The third-order valence-corrected chi connectivity index (χ3v) is 8.03. The van der Waals surface area contributed by atoms with E-state index in [2.05, 4.69) is 15.9 Å². The van der Waals surface area contributed by atoms with E-state index < -0.39 is 12.0 Å². The lowest BCUT2D eigenvalue weighted by Crippen LogP contribution is -2.40. The first-order chi connectivity index (χ1) is 16.4. The van der Waals surface area contributed by atoms with Gasteiger partial charge in [-0.1, -0.05) is 36.3 Å². The molecule has 0 saturated carbocycles. The number of nitrogens with zero attached hydrogens (tertiary/aromatic N) is 2. The Balaban J connectivity index is 2.05. The van der Waals surface area contributed by atoms with Crippen molar-refractivity contribution < 1.29 is 14.3 Å². The van der Waals surface area contributed by atoms with Gasteiger partial charge in [-0.25, -0.2) is 9.79 Å². The third-order valence-electron chi connectivity index (χ3n) is 5.25. The molecule has 34 heavy (non-hydrogen) atoms. The molecule has 0 radical (unpaired) electrons. The first kappa shape index (κ1) is 24.9. The number of carbonyl (C=O) groups is 1. The number of rotatable bonds is 7. The van der Waals surface area contributed by atoms with Crippen molar-refractivity contribution >= 4 is 62.2 Å². The van der Waals surface area contributed by atoms with Crippen molar-refractivity contribution in [2.24, 2.45) is 4.99 Å². The van der Waals surface area contributed by atoms with Gasteiger partial charge in [0, 0.05) is 15.5 Å². The second kappa shape index (κ2) is 10.6. The molecule has 0 amide bonds. The summed E-state index contributed by atoms with van der Waals surface area (Å²) in [5.41, 5.74) is 1.31. The molecule has 4 rings (SSSR count). The van der Waals surface area contributed by atoms with Gasteiger partial charge in [-0.15, -0.1) is 11.3 Å². The minimum atomic E-state index is -0.775. The zero-order valence-electron chi connectivity index (χ0n) is 18.8. The molecule has 1 aromatic carbocycles. The van der Waals surface area contributed by atoms with Gasteiger partial charge in [-0.05, 0) is 65.7 Å². The first-order valence-electron chi connectivity index (χ1n) is 10.7. The summed E-state index contributed by atoms with van der Waals surface area (Å²) < 4.78 is 14.1. The van der Waals surface area contributed by atoms with Crippen LogP contribution in [-0.2, 0) is 9.53 Å². The Kier molecular flexibility index (Phi) is 7.77. The lowest BCUT2D eigenvalue weighted by Gasteiger charge is -2.27. The Morgan fingerprint density at radius 1 is 1.26 bits per heavy atom. The number of carbonyl (C=O) groups excluding carboxylic acids is 1. The first-order valence-corrected chi connectivity index (χ1v) is 13.5. The van der Waals surface area contributed by atoms with E-state index in [9.17, 15) is 9.59 Å². The highest BCUT2D eigenvalue weighted by atomic mass is 79.9. The standard InChI is InChI=1S/C24H22BrClN2O4S2/c1-4-6-16-20(23(30)32-5-2)21(15-11-13(26)7-9-17(15)31-3)28-22(29)18(34-24(28)27-16)12-14-8-10-19(25)33-14/h7-12,21H,4-6H2,1-3H3/b18-12+/t21-/m1/s1. The maximum absolute atomic E-state index is 13.7. The normalized spacial score (nSPS) is 15.8. The van der Waals surface area contributed by atoms with Gasteiger partial charge in [0.25, 0.3) is 5.56 Å². The van der Waals surface area contributed by atoms with Gasteiger partial charge < -0.3 is 9.47 Å². The van der Waals surface area contributed by atoms with E-state index in [1.165, 1.54) is 22.7 Å². The molecule has 0 bridgehead atoms. The number of methoxy groups -OCH3 is 1. The Hall–Kier alpha value is -2.20. The number of aromatic nitrogens is 1. The monoisotopic (exact) mass is 580 g/mol. The molecule has 178 valence electrons. The summed E-state index contributed by atoms with van der Waals surface area (Å²) in [6, 6.07) is 8.28. The molecular weight excluding hydrogens is 560 g/mol. The predicted octanol–water partition coefficient (Wildman–Crippen LogP) is 5.06. The summed E-state index contributed by atoms with van der Waals surface area (Å²) in [5.74, 6) is 0.0175. The fourth-order valence-electron chi connectivity index (χ4n) is 3.87. The van der Waals surface area contributed by atoms with Crippen LogP contribution in [0.1, 0.15) is 43.2 Å². The van der Waals surface area contributed by atoms with Crippen molar-refractivity contribution in [2.75, 3.05) is 13.7 Å². The zero-order chi connectivity index (χ0) is 24.4. The molecule has 0 N–H and O–H groups in total. The van der Waals surface area contributed by atoms with Crippen LogP contribution in [0.3, 0.4) is 0 Å². The molecule has 0 fully saturated rings. The molecule has 0 aliphatic carbocycles. The number of hydrogen-bond donors (Lipinski definition) is 0. The minimum Gasteiger partial charge on any atom is -0.496 e. The topological polar surface area (TPSA) is 69.9 Å². The van der Waals surface area contributed by atoms with Crippen molar-refractivity contribution in [2.45, 2.75) is 32.7 Å². The van der Waals surface area contributed by atoms with E-state index in [4.69, 9.17) is 26.1 Å². The zero-order valence-corrected chi connectivity index (χ0v) is 22.7. The van der Waals surface area contributed by atoms with Gasteiger partial charge >= 0.3 is 5.97 Å². The van der Waals surface area contributed by atoms with Crippen molar-refractivity contribution in [3.63, 3.8) is 0 Å². The second-order valence-corrected chi connectivity index (χ2v) is 11.4. The Labute approximate surface area is 218 Å². The summed E-state index contributed by atoms with van der Waals surface area (Å²) in [6.45, 7) is 3.98. The summed E-state index contributed by atoms with van der Waals surface area (Å²) in [7, 11) is 1.55.